The van der Waals surface area contributed by atoms with E-state index in [1.54, 1.807) is 0 Å². The summed E-state index contributed by atoms with van der Waals surface area (Å²) in [6.07, 6.45) is 3.91. The molecule has 0 amide bonds. The first-order valence-corrected chi connectivity index (χ1v) is 7.36. The van der Waals surface area contributed by atoms with Crippen LogP contribution in [0.15, 0.2) is 18.2 Å². The van der Waals surface area contributed by atoms with Crippen LogP contribution in [-0.4, -0.2) is 6.10 Å². The number of rotatable bonds is 3. The topological polar surface area (TPSA) is 35.2 Å². The van der Waals surface area contributed by atoms with E-state index in [0.717, 1.165) is 30.1 Å². The van der Waals surface area contributed by atoms with Gasteiger partial charge in [0, 0.05) is 12.1 Å². The minimum Gasteiger partial charge on any atom is -0.490 e. The van der Waals surface area contributed by atoms with Crippen molar-refractivity contribution in [3.05, 3.63) is 29.3 Å². The third-order valence-corrected chi connectivity index (χ3v) is 4.08. The fraction of sp³-hybridized carbons (Fsp3) is 0.647. The van der Waals surface area contributed by atoms with Crippen LogP contribution in [0, 0.1) is 18.3 Å². The summed E-state index contributed by atoms with van der Waals surface area (Å²) in [4.78, 5) is 0. The Morgan fingerprint density at radius 3 is 2.68 bits per heavy atom. The van der Waals surface area contributed by atoms with E-state index in [-0.39, 0.29) is 0 Å². The van der Waals surface area contributed by atoms with Gasteiger partial charge in [-0.3, -0.25) is 0 Å². The fourth-order valence-corrected chi connectivity index (χ4v) is 3.47. The molecule has 2 heteroatoms. The second-order valence-corrected chi connectivity index (χ2v) is 6.97. The Balaban J connectivity index is 2.14. The van der Waals surface area contributed by atoms with Crippen molar-refractivity contribution in [1.82, 2.24) is 0 Å². The first-order valence-electron chi connectivity index (χ1n) is 7.36. The molecule has 0 bridgehead atoms. The molecule has 2 nitrogen and oxygen atoms in total. The van der Waals surface area contributed by atoms with Gasteiger partial charge in [0.2, 0.25) is 0 Å². The lowest BCUT2D eigenvalue weighted by molar-refractivity contribution is 0.0556. The van der Waals surface area contributed by atoms with Gasteiger partial charge in [0.15, 0.2) is 0 Å². The zero-order chi connectivity index (χ0) is 14.0. The molecule has 0 heterocycles. The highest BCUT2D eigenvalue weighted by molar-refractivity contribution is 5.37. The van der Waals surface area contributed by atoms with Gasteiger partial charge >= 0.3 is 0 Å². The predicted octanol–water partition coefficient (Wildman–Crippen LogP) is 4.05. The molecule has 1 saturated carbocycles. The Hall–Kier alpha value is -1.02. The van der Waals surface area contributed by atoms with Gasteiger partial charge in [-0.1, -0.05) is 32.9 Å². The van der Waals surface area contributed by atoms with Crippen molar-refractivity contribution in [3.63, 3.8) is 0 Å². The van der Waals surface area contributed by atoms with E-state index < -0.39 is 0 Å². The maximum atomic E-state index is 6.28. The molecule has 0 radical (unpaired) electrons. The summed E-state index contributed by atoms with van der Waals surface area (Å²) in [5.74, 6) is 1.72. The normalized spacial score (nSPS) is 26.2. The highest BCUT2D eigenvalue weighted by Crippen LogP contribution is 2.40. The highest BCUT2D eigenvalue weighted by atomic mass is 16.5. The fourth-order valence-electron chi connectivity index (χ4n) is 3.47. The van der Waals surface area contributed by atoms with E-state index >= 15 is 0 Å². The molecule has 1 aliphatic rings. The molecule has 2 unspecified atom stereocenters. The van der Waals surface area contributed by atoms with Crippen LogP contribution in [0.1, 0.15) is 51.2 Å². The van der Waals surface area contributed by atoms with Crippen molar-refractivity contribution in [2.45, 2.75) is 59.6 Å². The van der Waals surface area contributed by atoms with E-state index in [0.29, 0.717) is 18.1 Å². The number of ether oxygens (including phenoxy) is 1. The molecule has 106 valence electrons. The summed E-state index contributed by atoms with van der Waals surface area (Å²) in [7, 11) is 0. The third-order valence-electron chi connectivity index (χ3n) is 4.08. The largest absolute Gasteiger partial charge is 0.490 e. The quantitative estimate of drug-likeness (QED) is 0.891. The number of benzene rings is 1. The zero-order valence-corrected chi connectivity index (χ0v) is 12.7. The Bertz CT molecular complexity index is 439. The SMILES string of the molecule is Cc1ccc(CN)c(OC2CC(C)CC(C)(C)C2)c1. The van der Waals surface area contributed by atoms with E-state index in [4.69, 9.17) is 10.5 Å². The molecule has 0 spiro atoms. The lowest BCUT2D eigenvalue weighted by atomic mass is 9.71. The molecular weight excluding hydrogens is 234 g/mol. The molecule has 2 rings (SSSR count). The molecule has 1 fully saturated rings. The van der Waals surface area contributed by atoms with Crippen LogP contribution in [0.5, 0.6) is 5.75 Å². The van der Waals surface area contributed by atoms with Gasteiger partial charge in [-0.2, -0.15) is 0 Å². The molecule has 1 aliphatic carbocycles. The summed E-state index contributed by atoms with van der Waals surface area (Å²) >= 11 is 0. The molecular formula is C17H27NO. The van der Waals surface area contributed by atoms with Crippen molar-refractivity contribution in [2.75, 3.05) is 0 Å². The molecule has 1 aromatic carbocycles. The summed E-state index contributed by atoms with van der Waals surface area (Å²) in [5.41, 5.74) is 8.53. The van der Waals surface area contributed by atoms with Gasteiger partial charge in [0.25, 0.3) is 0 Å². The average Bonchev–Trinajstić information content (AvgIpc) is 2.26. The lowest BCUT2D eigenvalue weighted by Crippen LogP contribution is -2.34. The van der Waals surface area contributed by atoms with Crippen LogP contribution in [0.2, 0.25) is 0 Å². The zero-order valence-electron chi connectivity index (χ0n) is 12.7. The summed E-state index contributed by atoms with van der Waals surface area (Å²) in [6, 6.07) is 6.30. The van der Waals surface area contributed by atoms with Crippen LogP contribution >= 0.6 is 0 Å². The number of hydrogen-bond acceptors (Lipinski definition) is 2. The van der Waals surface area contributed by atoms with Crippen molar-refractivity contribution < 1.29 is 4.74 Å². The van der Waals surface area contributed by atoms with Crippen molar-refractivity contribution in [2.24, 2.45) is 17.1 Å². The Kier molecular flexibility index (Phi) is 4.19. The Morgan fingerprint density at radius 1 is 1.32 bits per heavy atom. The summed E-state index contributed by atoms with van der Waals surface area (Å²) < 4.78 is 6.28. The Labute approximate surface area is 117 Å². The van der Waals surface area contributed by atoms with Gasteiger partial charge in [0.05, 0.1) is 6.10 Å². The standard InChI is InChI=1S/C17H27NO/c1-12-5-6-14(11-18)16(8-12)19-15-7-13(2)9-17(3,4)10-15/h5-6,8,13,15H,7,9-11,18H2,1-4H3. The monoisotopic (exact) mass is 261 g/mol. The van der Waals surface area contributed by atoms with Gasteiger partial charge < -0.3 is 10.5 Å². The number of nitrogens with two attached hydrogens (primary N) is 1. The molecule has 19 heavy (non-hydrogen) atoms. The minimum atomic E-state index is 0.325. The average molecular weight is 261 g/mol. The first kappa shape index (κ1) is 14.4. The van der Waals surface area contributed by atoms with Crippen LogP contribution in [-0.2, 0) is 6.54 Å². The number of aryl methyl sites for hydroxylation is 1. The minimum absolute atomic E-state index is 0.325. The van der Waals surface area contributed by atoms with Gasteiger partial charge in [-0.25, -0.2) is 0 Å². The molecule has 0 saturated heterocycles. The molecule has 0 aliphatic heterocycles. The molecule has 1 aromatic rings. The van der Waals surface area contributed by atoms with Crippen molar-refractivity contribution in [1.29, 1.82) is 0 Å². The number of hydrogen-bond donors (Lipinski definition) is 1. The van der Waals surface area contributed by atoms with Crippen LogP contribution < -0.4 is 10.5 Å². The smallest absolute Gasteiger partial charge is 0.124 e. The first-order chi connectivity index (χ1) is 8.89. The van der Waals surface area contributed by atoms with E-state index in [2.05, 4.69) is 45.9 Å². The highest BCUT2D eigenvalue weighted by Gasteiger charge is 2.33. The summed E-state index contributed by atoms with van der Waals surface area (Å²) in [5, 5.41) is 0. The van der Waals surface area contributed by atoms with Gasteiger partial charge in [0.1, 0.15) is 5.75 Å². The maximum absolute atomic E-state index is 6.28. The maximum Gasteiger partial charge on any atom is 0.124 e. The molecule has 2 N–H and O–H groups in total. The van der Waals surface area contributed by atoms with E-state index in [9.17, 15) is 0 Å². The van der Waals surface area contributed by atoms with E-state index in [1.165, 1.54) is 12.0 Å². The predicted molar refractivity (Wildman–Crippen MR) is 80.3 cm³/mol. The van der Waals surface area contributed by atoms with Crippen molar-refractivity contribution >= 4 is 0 Å². The van der Waals surface area contributed by atoms with Crippen LogP contribution in [0.3, 0.4) is 0 Å². The van der Waals surface area contributed by atoms with Gasteiger partial charge in [-0.15, -0.1) is 0 Å². The molecule has 2 atom stereocenters. The molecule has 0 aromatic heterocycles. The Morgan fingerprint density at radius 2 is 2.05 bits per heavy atom. The second-order valence-electron chi connectivity index (χ2n) is 6.97. The van der Waals surface area contributed by atoms with Crippen molar-refractivity contribution in [3.8, 4) is 5.75 Å². The van der Waals surface area contributed by atoms with Crippen LogP contribution in [0.4, 0.5) is 0 Å². The lowest BCUT2D eigenvalue weighted by Gasteiger charge is -2.39. The third kappa shape index (κ3) is 3.73. The van der Waals surface area contributed by atoms with Gasteiger partial charge in [-0.05, 0) is 49.1 Å². The van der Waals surface area contributed by atoms with E-state index in [1.807, 2.05) is 0 Å². The second kappa shape index (κ2) is 5.54. The van der Waals surface area contributed by atoms with Crippen LogP contribution in [0.25, 0.3) is 0 Å². The summed E-state index contributed by atoms with van der Waals surface area (Å²) in [6.45, 7) is 9.66.